The van der Waals surface area contributed by atoms with Crippen LogP contribution in [-0.4, -0.2) is 23.8 Å². The lowest BCUT2D eigenvalue weighted by Crippen LogP contribution is -2.54. The predicted molar refractivity (Wildman–Crippen MR) is 148 cm³/mol. The van der Waals surface area contributed by atoms with E-state index >= 15 is 0 Å². The fraction of sp³-hybridized carbons (Fsp3) is 0.0370. The molecule has 10 heteroatoms. The summed E-state index contributed by atoms with van der Waals surface area (Å²) in [7, 11) is 0. The van der Waals surface area contributed by atoms with Crippen molar-refractivity contribution in [3.05, 3.63) is 103 Å². The summed E-state index contributed by atoms with van der Waals surface area (Å²) in [5.41, 5.74) is 1.84. The van der Waals surface area contributed by atoms with Crippen molar-refractivity contribution in [3.8, 4) is 5.75 Å². The molecule has 0 spiro atoms. The first-order chi connectivity index (χ1) is 17.6. The largest absolute Gasteiger partial charge is 0.422 e. The molecule has 1 fully saturated rings. The van der Waals surface area contributed by atoms with Gasteiger partial charge in [0, 0.05) is 21.1 Å². The number of halogens is 3. The van der Waals surface area contributed by atoms with Crippen LogP contribution in [0.5, 0.6) is 5.75 Å². The Bertz CT molecular complexity index is 1500. The summed E-state index contributed by atoms with van der Waals surface area (Å²) in [5.74, 6) is -2.28. The molecular formula is C27H17Br2ClN2O5. The highest BCUT2D eigenvalue weighted by Crippen LogP contribution is 2.35. The zero-order valence-corrected chi connectivity index (χ0v) is 23.1. The molecule has 0 aliphatic carbocycles. The number of anilines is 1. The Kier molecular flexibility index (Phi) is 8.06. The number of imide groups is 2. The van der Waals surface area contributed by atoms with Crippen LogP contribution in [0, 0.1) is 6.92 Å². The van der Waals surface area contributed by atoms with Gasteiger partial charge in [-0.2, -0.15) is 0 Å². The van der Waals surface area contributed by atoms with Crippen LogP contribution in [-0.2, 0) is 14.4 Å². The molecule has 0 saturated carbocycles. The Morgan fingerprint density at radius 3 is 2.46 bits per heavy atom. The predicted octanol–water partition coefficient (Wildman–Crippen LogP) is 6.46. The highest BCUT2D eigenvalue weighted by molar-refractivity contribution is 9.11. The van der Waals surface area contributed by atoms with Crippen molar-refractivity contribution in [1.29, 1.82) is 0 Å². The highest BCUT2D eigenvalue weighted by atomic mass is 79.9. The summed E-state index contributed by atoms with van der Waals surface area (Å²) in [6.07, 6.45) is 4.08. The minimum absolute atomic E-state index is 0.0843. The summed E-state index contributed by atoms with van der Waals surface area (Å²) < 4.78 is 6.55. The van der Waals surface area contributed by atoms with Gasteiger partial charge in [-0.15, -0.1) is 0 Å². The van der Waals surface area contributed by atoms with Crippen molar-refractivity contribution in [2.45, 2.75) is 6.92 Å². The number of rotatable bonds is 5. The third kappa shape index (κ3) is 6.25. The molecule has 1 saturated heterocycles. The van der Waals surface area contributed by atoms with Crippen LogP contribution in [0.3, 0.4) is 0 Å². The van der Waals surface area contributed by atoms with Gasteiger partial charge >= 0.3 is 12.0 Å². The molecule has 7 nitrogen and oxygen atoms in total. The second kappa shape index (κ2) is 11.2. The number of urea groups is 1. The lowest BCUT2D eigenvalue weighted by atomic mass is 10.1. The Labute approximate surface area is 234 Å². The molecule has 1 heterocycles. The van der Waals surface area contributed by atoms with Gasteiger partial charge in [0.1, 0.15) is 5.57 Å². The highest BCUT2D eigenvalue weighted by Gasteiger charge is 2.37. The number of aryl methyl sites for hydroxylation is 1. The van der Waals surface area contributed by atoms with Crippen molar-refractivity contribution in [2.24, 2.45) is 0 Å². The van der Waals surface area contributed by atoms with Crippen LogP contribution in [0.4, 0.5) is 10.5 Å². The molecule has 1 aliphatic rings. The first kappa shape index (κ1) is 26.5. The molecule has 1 N–H and O–H groups in total. The topological polar surface area (TPSA) is 92.8 Å². The van der Waals surface area contributed by atoms with E-state index in [1.165, 1.54) is 12.2 Å². The van der Waals surface area contributed by atoms with Gasteiger partial charge < -0.3 is 4.74 Å². The van der Waals surface area contributed by atoms with Gasteiger partial charge in [0.2, 0.25) is 0 Å². The van der Waals surface area contributed by atoms with Gasteiger partial charge in [0.15, 0.2) is 5.75 Å². The Hall–Kier alpha value is -3.53. The van der Waals surface area contributed by atoms with E-state index in [2.05, 4.69) is 37.2 Å². The summed E-state index contributed by atoms with van der Waals surface area (Å²) in [4.78, 5) is 51.9. The number of amides is 4. The number of hydrogen-bond donors (Lipinski definition) is 1. The zero-order chi connectivity index (χ0) is 26.7. The number of barbiturate groups is 1. The number of nitrogens with one attached hydrogen (secondary N) is 1. The fourth-order valence-electron chi connectivity index (χ4n) is 3.48. The van der Waals surface area contributed by atoms with Gasteiger partial charge in [0.05, 0.1) is 10.2 Å². The normalized spacial score (nSPS) is 14.9. The van der Waals surface area contributed by atoms with E-state index in [4.69, 9.17) is 16.3 Å². The van der Waals surface area contributed by atoms with E-state index in [1.807, 2.05) is 13.0 Å². The van der Waals surface area contributed by atoms with Gasteiger partial charge in [-0.3, -0.25) is 14.9 Å². The maximum Gasteiger partial charge on any atom is 0.336 e. The molecular weight excluding hydrogens is 628 g/mol. The number of benzene rings is 3. The molecule has 37 heavy (non-hydrogen) atoms. The molecule has 0 radical (unpaired) electrons. The standard InChI is InChI=1S/C27H17Br2ClN2O5/c1-15-3-2-4-20(11-15)32-26(35)21(25(34)31-27(32)36)13-17-12-18(28)14-22(29)24(17)37-23(33)10-7-16-5-8-19(30)9-6-16/h2-14H,1H3,(H,31,34,36)/b10-7+,21-13-. The third-order valence-electron chi connectivity index (χ3n) is 5.18. The summed E-state index contributed by atoms with van der Waals surface area (Å²) in [6, 6.07) is 16.0. The van der Waals surface area contributed by atoms with E-state index < -0.39 is 23.8 Å². The molecule has 3 aromatic carbocycles. The van der Waals surface area contributed by atoms with Gasteiger partial charge in [-0.25, -0.2) is 14.5 Å². The molecule has 0 unspecified atom stereocenters. The Balaban J connectivity index is 1.68. The van der Waals surface area contributed by atoms with Crippen molar-refractivity contribution in [2.75, 3.05) is 4.90 Å². The molecule has 0 bridgehead atoms. The van der Waals surface area contributed by atoms with Crippen molar-refractivity contribution in [3.63, 3.8) is 0 Å². The maximum absolute atomic E-state index is 13.3. The van der Waals surface area contributed by atoms with Gasteiger partial charge in [-0.05, 0) is 82.5 Å². The average molecular weight is 645 g/mol. The first-order valence-electron chi connectivity index (χ1n) is 10.7. The van der Waals surface area contributed by atoms with E-state index in [0.29, 0.717) is 19.7 Å². The number of esters is 1. The molecule has 0 atom stereocenters. The van der Waals surface area contributed by atoms with Crippen LogP contribution in [0.1, 0.15) is 16.7 Å². The van der Waals surface area contributed by atoms with E-state index in [9.17, 15) is 19.2 Å². The van der Waals surface area contributed by atoms with Crippen LogP contribution in [0.25, 0.3) is 12.2 Å². The Morgan fingerprint density at radius 1 is 1.03 bits per heavy atom. The number of carbonyl (C=O) groups is 4. The van der Waals surface area contributed by atoms with Crippen molar-refractivity contribution < 1.29 is 23.9 Å². The minimum atomic E-state index is -0.866. The smallest absolute Gasteiger partial charge is 0.336 e. The van der Waals surface area contributed by atoms with E-state index in [-0.39, 0.29) is 16.9 Å². The monoisotopic (exact) mass is 642 g/mol. The number of carbonyl (C=O) groups excluding carboxylic acids is 4. The summed E-state index contributed by atoms with van der Waals surface area (Å²) >= 11 is 12.6. The van der Waals surface area contributed by atoms with E-state index in [1.54, 1.807) is 60.7 Å². The second-order valence-corrected chi connectivity index (χ2v) is 10.1. The molecule has 3 aromatic rings. The molecule has 1 aliphatic heterocycles. The molecule has 186 valence electrons. The van der Waals surface area contributed by atoms with Crippen LogP contribution in [0.2, 0.25) is 5.02 Å². The fourth-order valence-corrected chi connectivity index (χ4v) is 4.95. The van der Waals surface area contributed by atoms with Crippen molar-refractivity contribution >= 4 is 85.1 Å². The average Bonchev–Trinajstić information content (AvgIpc) is 2.83. The van der Waals surface area contributed by atoms with Crippen LogP contribution in [0.15, 0.2) is 81.3 Å². The lowest BCUT2D eigenvalue weighted by molar-refractivity contribution is -0.129. The zero-order valence-electron chi connectivity index (χ0n) is 19.1. The number of hydrogen-bond acceptors (Lipinski definition) is 5. The molecule has 0 aromatic heterocycles. The number of nitrogens with zero attached hydrogens (tertiary/aromatic N) is 1. The van der Waals surface area contributed by atoms with Crippen molar-refractivity contribution in [1.82, 2.24) is 5.32 Å². The van der Waals surface area contributed by atoms with Gasteiger partial charge in [-0.1, -0.05) is 51.8 Å². The third-order valence-corrected chi connectivity index (χ3v) is 6.48. The van der Waals surface area contributed by atoms with E-state index in [0.717, 1.165) is 16.0 Å². The molecule has 4 amide bonds. The van der Waals surface area contributed by atoms with Gasteiger partial charge in [0.25, 0.3) is 11.8 Å². The summed E-state index contributed by atoms with van der Waals surface area (Å²) in [5, 5.41) is 2.76. The maximum atomic E-state index is 13.3. The SMILES string of the molecule is Cc1cccc(N2C(=O)NC(=O)/C(=C/c3cc(Br)cc(Br)c3OC(=O)/C=C/c3ccc(Cl)cc3)C2=O)c1. The number of ether oxygens (including phenoxy) is 1. The second-order valence-electron chi connectivity index (χ2n) is 7.91. The Morgan fingerprint density at radius 2 is 1.76 bits per heavy atom. The van der Waals surface area contributed by atoms with Crippen LogP contribution < -0.4 is 15.0 Å². The molecule has 4 rings (SSSR count). The summed E-state index contributed by atoms with van der Waals surface area (Å²) in [6.45, 7) is 1.82. The minimum Gasteiger partial charge on any atom is -0.422 e. The quantitative estimate of drug-likeness (QED) is 0.149. The van der Waals surface area contributed by atoms with Crippen LogP contribution >= 0.6 is 43.5 Å². The lowest BCUT2D eigenvalue weighted by Gasteiger charge is -2.26. The first-order valence-corrected chi connectivity index (χ1v) is 12.7.